The molecule has 3 heterocycles. The highest BCUT2D eigenvalue weighted by Crippen LogP contribution is 2.38. The van der Waals surface area contributed by atoms with Crippen LogP contribution in [0.3, 0.4) is 0 Å². The second kappa shape index (κ2) is 5.09. The molecule has 0 amide bonds. The van der Waals surface area contributed by atoms with E-state index in [9.17, 15) is 4.79 Å². The van der Waals surface area contributed by atoms with Crippen LogP contribution in [0.25, 0.3) is 11.3 Å². The van der Waals surface area contributed by atoms with Gasteiger partial charge < -0.3 is 4.42 Å². The van der Waals surface area contributed by atoms with Crippen molar-refractivity contribution in [3.05, 3.63) is 41.9 Å². The largest absolute Gasteiger partial charge is 0.434 e. The van der Waals surface area contributed by atoms with Gasteiger partial charge in [0.25, 0.3) is 5.89 Å². The molecule has 0 radical (unpaired) electrons. The fraction of sp³-hybridized carbons (Fsp3) is 0.375. The van der Waals surface area contributed by atoms with Crippen molar-refractivity contribution >= 4 is 6.29 Å². The Morgan fingerprint density at radius 2 is 2.19 bits per heavy atom. The molecule has 2 aliphatic heterocycles. The first kappa shape index (κ1) is 12.7. The lowest BCUT2D eigenvalue weighted by atomic mass is 9.86. The average Bonchev–Trinajstić information content (AvgIpc) is 3.13. The highest BCUT2D eigenvalue weighted by atomic mass is 16.4. The van der Waals surface area contributed by atoms with Gasteiger partial charge in [-0.05, 0) is 12.3 Å². The molecule has 2 aromatic rings. The van der Waals surface area contributed by atoms with Crippen LogP contribution < -0.4 is 5.43 Å². The Balaban J connectivity index is 1.77. The van der Waals surface area contributed by atoms with Gasteiger partial charge in [-0.25, -0.2) is 9.99 Å². The van der Waals surface area contributed by atoms with Crippen molar-refractivity contribution in [2.45, 2.75) is 12.3 Å². The molecule has 0 aliphatic carbocycles. The smallest absolute Gasteiger partial charge is 0.260 e. The van der Waals surface area contributed by atoms with Crippen molar-refractivity contribution in [1.82, 2.24) is 15.4 Å². The first-order valence-electron chi connectivity index (χ1n) is 7.35. The Bertz CT molecular complexity index is 653. The summed E-state index contributed by atoms with van der Waals surface area (Å²) in [5.74, 6) is 1.80. The molecule has 0 spiro atoms. The quantitative estimate of drug-likeness (QED) is 0.874. The summed E-state index contributed by atoms with van der Waals surface area (Å²) in [6.07, 6.45) is 1.85. The van der Waals surface area contributed by atoms with Gasteiger partial charge >= 0.3 is 0 Å². The minimum Gasteiger partial charge on any atom is -0.434 e. The number of aldehydes is 1. The van der Waals surface area contributed by atoms with Crippen LogP contribution in [-0.2, 0) is 0 Å². The van der Waals surface area contributed by atoms with Gasteiger partial charge in [-0.3, -0.25) is 10.2 Å². The first-order valence-corrected chi connectivity index (χ1v) is 7.35. The van der Waals surface area contributed by atoms with Crippen molar-refractivity contribution in [2.24, 2.45) is 5.92 Å². The highest BCUT2D eigenvalue weighted by molar-refractivity contribution is 5.71. The molecular formula is C16H17N3O2. The fourth-order valence-corrected chi connectivity index (χ4v) is 3.42. The SMILES string of the molecule is O=Cc1nc(C2CNN3CCC2C3)c(-c2ccccc2)o1. The maximum atomic E-state index is 11.1. The molecule has 2 fully saturated rings. The third-order valence-electron chi connectivity index (χ3n) is 4.49. The summed E-state index contributed by atoms with van der Waals surface area (Å²) < 4.78 is 5.69. The van der Waals surface area contributed by atoms with Crippen LogP contribution in [-0.4, -0.2) is 35.9 Å². The molecule has 5 nitrogen and oxygen atoms in total. The monoisotopic (exact) mass is 283 g/mol. The van der Waals surface area contributed by atoms with Gasteiger partial charge in [-0.1, -0.05) is 30.3 Å². The van der Waals surface area contributed by atoms with Crippen LogP contribution in [0.15, 0.2) is 34.7 Å². The van der Waals surface area contributed by atoms with E-state index >= 15 is 0 Å². The molecule has 0 saturated carbocycles. The standard InChI is InChI=1S/C16H17N3O2/c20-10-14-18-15(13-8-17-19-7-6-12(13)9-19)16(21-14)11-4-2-1-3-5-11/h1-5,10,12-13,17H,6-9H2. The molecular weight excluding hydrogens is 266 g/mol. The van der Waals surface area contributed by atoms with E-state index in [0.717, 1.165) is 43.1 Å². The number of nitrogens with zero attached hydrogens (tertiary/aromatic N) is 2. The fourth-order valence-electron chi connectivity index (χ4n) is 3.42. The molecule has 1 N–H and O–H groups in total. The normalized spacial score (nSPS) is 27.7. The van der Waals surface area contributed by atoms with Gasteiger partial charge in [0.05, 0.1) is 5.69 Å². The number of nitrogens with one attached hydrogen (secondary N) is 1. The molecule has 3 atom stereocenters. The van der Waals surface area contributed by atoms with Crippen LogP contribution in [0.1, 0.15) is 28.7 Å². The number of carbonyl (C=O) groups is 1. The van der Waals surface area contributed by atoms with Crippen molar-refractivity contribution in [3.63, 3.8) is 0 Å². The number of carbonyl (C=O) groups excluding carboxylic acids is 1. The van der Waals surface area contributed by atoms with Crippen LogP contribution in [0.2, 0.25) is 0 Å². The molecule has 4 rings (SSSR count). The minimum absolute atomic E-state index is 0.171. The van der Waals surface area contributed by atoms with E-state index in [0.29, 0.717) is 18.1 Å². The topological polar surface area (TPSA) is 58.4 Å². The zero-order valence-electron chi connectivity index (χ0n) is 11.7. The average molecular weight is 283 g/mol. The number of fused-ring (bicyclic) bond motifs is 2. The number of hydrogen-bond acceptors (Lipinski definition) is 5. The van der Waals surface area contributed by atoms with Crippen LogP contribution in [0.4, 0.5) is 0 Å². The maximum Gasteiger partial charge on any atom is 0.260 e. The second-order valence-electron chi connectivity index (χ2n) is 5.71. The number of hydrazine groups is 1. The lowest BCUT2D eigenvalue weighted by molar-refractivity contribution is 0.109. The van der Waals surface area contributed by atoms with Gasteiger partial charge in [-0.15, -0.1) is 0 Å². The number of oxazole rings is 1. The Morgan fingerprint density at radius 1 is 1.33 bits per heavy atom. The Labute approximate surface area is 122 Å². The van der Waals surface area contributed by atoms with Crippen LogP contribution in [0.5, 0.6) is 0 Å². The predicted octanol–water partition coefficient (Wildman–Crippen LogP) is 2.08. The summed E-state index contributed by atoms with van der Waals surface area (Å²) in [5.41, 5.74) is 5.33. The summed E-state index contributed by atoms with van der Waals surface area (Å²) in [4.78, 5) is 15.5. The Kier molecular flexibility index (Phi) is 3.09. The molecule has 3 unspecified atom stereocenters. The molecule has 5 heteroatoms. The third kappa shape index (κ3) is 2.18. The van der Waals surface area contributed by atoms with Gasteiger partial charge in [0, 0.05) is 31.1 Å². The predicted molar refractivity (Wildman–Crippen MR) is 77.8 cm³/mol. The van der Waals surface area contributed by atoms with E-state index in [1.165, 1.54) is 0 Å². The molecule has 2 aliphatic rings. The highest BCUT2D eigenvalue weighted by Gasteiger charge is 2.38. The van der Waals surface area contributed by atoms with Crippen molar-refractivity contribution in [1.29, 1.82) is 0 Å². The van der Waals surface area contributed by atoms with Crippen LogP contribution in [0, 0.1) is 5.92 Å². The van der Waals surface area contributed by atoms with Crippen molar-refractivity contribution < 1.29 is 9.21 Å². The van der Waals surface area contributed by atoms with E-state index in [2.05, 4.69) is 15.4 Å². The zero-order chi connectivity index (χ0) is 14.2. The van der Waals surface area contributed by atoms with E-state index in [-0.39, 0.29) is 5.89 Å². The molecule has 2 saturated heterocycles. The molecule has 2 bridgehead atoms. The lowest BCUT2D eigenvalue weighted by Crippen LogP contribution is -2.44. The summed E-state index contributed by atoms with van der Waals surface area (Å²) in [6.45, 7) is 2.98. The van der Waals surface area contributed by atoms with Crippen molar-refractivity contribution in [2.75, 3.05) is 19.6 Å². The van der Waals surface area contributed by atoms with E-state index < -0.39 is 0 Å². The number of hydrogen-bond donors (Lipinski definition) is 1. The second-order valence-corrected chi connectivity index (χ2v) is 5.71. The lowest BCUT2D eigenvalue weighted by Gasteiger charge is -2.30. The summed E-state index contributed by atoms with van der Waals surface area (Å²) in [6, 6.07) is 9.90. The van der Waals surface area contributed by atoms with Gasteiger partial charge in [0.2, 0.25) is 6.29 Å². The van der Waals surface area contributed by atoms with Crippen molar-refractivity contribution in [3.8, 4) is 11.3 Å². The van der Waals surface area contributed by atoms with E-state index in [1.807, 2.05) is 30.3 Å². The molecule has 1 aromatic heterocycles. The van der Waals surface area contributed by atoms with Gasteiger partial charge in [0.1, 0.15) is 0 Å². The number of aromatic nitrogens is 1. The number of benzene rings is 1. The molecule has 1 aromatic carbocycles. The van der Waals surface area contributed by atoms with Gasteiger partial charge in [0.15, 0.2) is 5.76 Å². The number of rotatable bonds is 3. The summed E-state index contributed by atoms with van der Waals surface area (Å²) in [7, 11) is 0. The molecule has 21 heavy (non-hydrogen) atoms. The maximum absolute atomic E-state index is 11.1. The van der Waals surface area contributed by atoms with E-state index in [4.69, 9.17) is 4.42 Å². The summed E-state index contributed by atoms with van der Waals surface area (Å²) >= 11 is 0. The Morgan fingerprint density at radius 3 is 3.00 bits per heavy atom. The van der Waals surface area contributed by atoms with E-state index in [1.54, 1.807) is 0 Å². The van der Waals surface area contributed by atoms with Gasteiger partial charge in [-0.2, -0.15) is 0 Å². The minimum atomic E-state index is 0.171. The summed E-state index contributed by atoms with van der Waals surface area (Å²) in [5, 5.41) is 2.27. The zero-order valence-corrected chi connectivity index (χ0v) is 11.7. The first-order chi connectivity index (χ1) is 10.3. The molecule has 108 valence electrons. The van der Waals surface area contributed by atoms with Crippen LogP contribution >= 0.6 is 0 Å². The third-order valence-corrected chi connectivity index (χ3v) is 4.49. The Hall–Kier alpha value is -1.98.